The van der Waals surface area contributed by atoms with Crippen molar-refractivity contribution in [3.05, 3.63) is 60.0 Å². The summed E-state index contributed by atoms with van der Waals surface area (Å²) in [6, 6.07) is -0.266. The molecule has 7 heteroatoms. The van der Waals surface area contributed by atoms with Gasteiger partial charge in [0.15, 0.2) is 5.82 Å². The minimum absolute atomic E-state index is 0.0329. The largest absolute Gasteiger partial charge is 0.424 e. The summed E-state index contributed by atoms with van der Waals surface area (Å²) >= 11 is 0. The summed E-state index contributed by atoms with van der Waals surface area (Å²) in [5.41, 5.74) is 5.69. The average molecular weight is 313 g/mol. The van der Waals surface area contributed by atoms with E-state index in [2.05, 4.69) is 38.6 Å². The Balaban J connectivity index is 1.62. The highest BCUT2D eigenvalue weighted by Gasteiger charge is 2.15. The molecular weight excluding hydrogens is 294 g/mol. The van der Waals surface area contributed by atoms with Crippen molar-refractivity contribution < 1.29 is 8.94 Å². The first kappa shape index (κ1) is 15.4. The summed E-state index contributed by atoms with van der Waals surface area (Å²) in [7, 11) is 0. The van der Waals surface area contributed by atoms with Gasteiger partial charge >= 0.3 is 0 Å². The highest BCUT2D eigenvalue weighted by atomic mass is 16.5. The Labute approximate surface area is 134 Å². The van der Waals surface area contributed by atoms with E-state index >= 15 is 0 Å². The summed E-state index contributed by atoms with van der Waals surface area (Å²) in [6.45, 7) is 1.80. The molecule has 0 bridgehead atoms. The van der Waals surface area contributed by atoms with Gasteiger partial charge in [0, 0.05) is 12.8 Å². The molecule has 120 valence electrons. The minimum Gasteiger partial charge on any atom is -0.424 e. The fourth-order valence-corrected chi connectivity index (χ4v) is 2.15. The van der Waals surface area contributed by atoms with E-state index in [-0.39, 0.29) is 12.0 Å². The van der Waals surface area contributed by atoms with Gasteiger partial charge in [-0.3, -0.25) is 0 Å². The summed E-state index contributed by atoms with van der Waals surface area (Å²) in [4.78, 5) is 4.44. The van der Waals surface area contributed by atoms with Crippen LogP contribution in [0.1, 0.15) is 48.8 Å². The Hall–Kier alpha value is -2.54. The number of allylic oxidation sites excluding steroid dienone is 6. The van der Waals surface area contributed by atoms with Gasteiger partial charge in [0.05, 0.1) is 12.0 Å². The van der Waals surface area contributed by atoms with Gasteiger partial charge in [-0.1, -0.05) is 41.6 Å². The lowest BCUT2D eigenvalue weighted by molar-refractivity contribution is 0.364. The summed E-state index contributed by atoms with van der Waals surface area (Å²) < 4.78 is 10.8. The van der Waals surface area contributed by atoms with E-state index in [1.54, 1.807) is 6.92 Å². The number of nitrogens with zero attached hydrogens (tertiary/aromatic N) is 4. The second-order valence-corrected chi connectivity index (χ2v) is 5.37. The van der Waals surface area contributed by atoms with Crippen molar-refractivity contribution >= 4 is 0 Å². The number of nitrogens with two attached hydrogens (primary N) is 1. The van der Waals surface area contributed by atoms with E-state index in [0.717, 1.165) is 6.42 Å². The first-order chi connectivity index (χ1) is 11.2. The predicted molar refractivity (Wildman–Crippen MR) is 83.4 cm³/mol. The lowest BCUT2D eigenvalue weighted by Crippen LogP contribution is -2.04. The molecule has 0 saturated heterocycles. The summed E-state index contributed by atoms with van der Waals surface area (Å²) in [5.74, 6) is 2.20. The fourth-order valence-electron chi connectivity index (χ4n) is 2.15. The third-order valence-electron chi connectivity index (χ3n) is 3.39. The number of rotatable bonds is 5. The first-order valence-corrected chi connectivity index (χ1v) is 7.62. The van der Waals surface area contributed by atoms with Crippen LogP contribution in [0.4, 0.5) is 0 Å². The molecule has 0 fully saturated rings. The van der Waals surface area contributed by atoms with Crippen molar-refractivity contribution in [2.75, 3.05) is 0 Å². The van der Waals surface area contributed by atoms with E-state index < -0.39 is 0 Å². The van der Waals surface area contributed by atoms with Crippen molar-refractivity contribution in [3.63, 3.8) is 0 Å². The molecule has 3 rings (SSSR count). The van der Waals surface area contributed by atoms with E-state index in [4.69, 9.17) is 14.7 Å². The van der Waals surface area contributed by atoms with E-state index in [1.807, 2.05) is 18.2 Å². The topological polar surface area (TPSA) is 104 Å². The molecule has 23 heavy (non-hydrogen) atoms. The SMILES string of the molecule is CC(N)c1nnc(CCc2nc(C3C=C/C=C\C/C=C\3)no2)o1. The second kappa shape index (κ2) is 7.15. The molecule has 2 aromatic rings. The van der Waals surface area contributed by atoms with Crippen LogP contribution in [0, 0.1) is 0 Å². The Morgan fingerprint density at radius 3 is 2.87 bits per heavy atom. The van der Waals surface area contributed by atoms with Crippen molar-refractivity contribution in [2.45, 2.75) is 38.1 Å². The van der Waals surface area contributed by atoms with E-state index in [1.165, 1.54) is 0 Å². The van der Waals surface area contributed by atoms with Crippen LogP contribution in [0.15, 0.2) is 45.4 Å². The highest BCUT2D eigenvalue weighted by molar-refractivity contribution is 5.22. The van der Waals surface area contributed by atoms with Crippen LogP contribution in [0.25, 0.3) is 0 Å². The molecule has 2 N–H and O–H groups in total. The normalized spacial score (nSPS) is 21.6. The van der Waals surface area contributed by atoms with Crippen LogP contribution in [0.5, 0.6) is 0 Å². The Bertz CT molecular complexity index is 726. The predicted octanol–water partition coefficient (Wildman–Crippen LogP) is 2.41. The Morgan fingerprint density at radius 1 is 1.17 bits per heavy atom. The quantitative estimate of drug-likeness (QED) is 0.845. The van der Waals surface area contributed by atoms with Gasteiger partial charge in [-0.05, 0) is 13.3 Å². The van der Waals surface area contributed by atoms with Crippen molar-refractivity contribution in [2.24, 2.45) is 5.73 Å². The zero-order valence-electron chi connectivity index (χ0n) is 12.9. The summed E-state index contributed by atoms with van der Waals surface area (Å²) in [5, 5.41) is 11.9. The molecule has 2 atom stereocenters. The monoisotopic (exact) mass is 313 g/mol. The molecule has 0 aliphatic heterocycles. The van der Waals surface area contributed by atoms with Gasteiger partial charge < -0.3 is 14.7 Å². The standard InChI is InChI=1S/C16H19N5O2/c1-11(17)16-20-19-14(22-16)10-9-13-18-15(21-23-13)12-7-5-3-2-4-6-8-12/h2-3,5-8,11-12H,4,9-10,17H2,1H3/b3-2-,7-5?,8-6-. The van der Waals surface area contributed by atoms with Crippen LogP contribution in [0.2, 0.25) is 0 Å². The third kappa shape index (κ3) is 4.01. The van der Waals surface area contributed by atoms with Gasteiger partial charge in [0.1, 0.15) is 0 Å². The van der Waals surface area contributed by atoms with Crippen molar-refractivity contribution in [3.8, 4) is 0 Å². The average Bonchev–Trinajstić information content (AvgIpc) is 3.14. The molecule has 0 spiro atoms. The molecule has 2 unspecified atom stereocenters. The van der Waals surface area contributed by atoms with Gasteiger partial charge in [0.2, 0.25) is 17.7 Å². The Kier molecular flexibility index (Phi) is 4.77. The van der Waals surface area contributed by atoms with Gasteiger partial charge in [0.25, 0.3) is 0 Å². The van der Waals surface area contributed by atoms with Gasteiger partial charge in [-0.2, -0.15) is 4.98 Å². The molecule has 2 aromatic heterocycles. The fraction of sp³-hybridized carbons (Fsp3) is 0.375. The van der Waals surface area contributed by atoms with Crippen LogP contribution < -0.4 is 5.73 Å². The summed E-state index contributed by atoms with van der Waals surface area (Å²) in [6.07, 6.45) is 14.3. The third-order valence-corrected chi connectivity index (χ3v) is 3.39. The zero-order valence-corrected chi connectivity index (χ0v) is 12.9. The molecule has 7 nitrogen and oxygen atoms in total. The number of aryl methyl sites for hydroxylation is 2. The van der Waals surface area contributed by atoms with Gasteiger partial charge in [-0.15, -0.1) is 10.2 Å². The second-order valence-electron chi connectivity index (χ2n) is 5.37. The maximum atomic E-state index is 5.69. The number of aromatic nitrogens is 4. The van der Waals surface area contributed by atoms with E-state index in [0.29, 0.717) is 36.3 Å². The Morgan fingerprint density at radius 2 is 2.04 bits per heavy atom. The molecule has 1 aliphatic rings. The maximum absolute atomic E-state index is 5.69. The van der Waals surface area contributed by atoms with Crippen LogP contribution >= 0.6 is 0 Å². The molecule has 0 saturated carbocycles. The van der Waals surface area contributed by atoms with Gasteiger partial charge in [-0.25, -0.2) is 0 Å². The maximum Gasteiger partial charge on any atom is 0.232 e. The molecule has 0 aromatic carbocycles. The molecule has 0 radical (unpaired) electrons. The van der Waals surface area contributed by atoms with Crippen molar-refractivity contribution in [1.29, 1.82) is 0 Å². The zero-order chi connectivity index (χ0) is 16.1. The van der Waals surface area contributed by atoms with Crippen LogP contribution in [0.3, 0.4) is 0 Å². The minimum atomic E-state index is -0.266. The van der Waals surface area contributed by atoms with Crippen molar-refractivity contribution in [1.82, 2.24) is 20.3 Å². The van der Waals surface area contributed by atoms with E-state index in [9.17, 15) is 0 Å². The number of hydrogen-bond acceptors (Lipinski definition) is 7. The molecule has 2 heterocycles. The molecule has 1 aliphatic carbocycles. The first-order valence-electron chi connectivity index (χ1n) is 7.62. The smallest absolute Gasteiger partial charge is 0.232 e. The van der Waals surface area contributed by atoms with Crippen LogP contribution in [-0.2, 0) is 12.8 Å². The molecule has 0 amide bonds. The lowest BCUT2D eigenvalue weighted by atomic mass is 10.1. The number of hydrogen-bond donors (Lipinski definition) is 1. The highest BCUT2D eigenvalue weighted by Crippen LogP contribution is 2.18. The lowest BCUT2D eigenvalue weighted by Gasteiger charge is -2.01. The molecular formula is C16H19N5O2. The van der Waals surface area contributed by atoms with Crippen LogP contribution in [-0.4, -0.2) is 20.3 Å².